The van der Waals surface area contributed by atoms with Crippen LogP contribution >= 0.6 is 0 Å². The molecule has 4 atom stereocenters. The lowest BCUT2D eigenvalue weighted by atomic mass is 9.77. The second-order valence-electron chi connectivity index (χ2n) is 5.94. The Labute approximate surface area is 127 Å². The third kappa shape index (κ3) is 1.84. The van der Waals surface area contributed by atoms with Gasteiger partial charge in [-0.15, -0.1) is 0 Å². The van der Waals surface area contributed by atoms with Gasteiger partial charge in [-0.3, -0.25) is 4.79 Å². The lowest BCUT2D eigenvalue weighted by Gasteiger charge is -2.46. The van der Waals surface area contributed by atoms with Crippen LogP contribution in [0.3, 0.4) is 0 Å². The van der Waals surface area contributed by atoms with E-state index in [1.807, 2.05) is 6.92 Å². The number of hydrogen-bond donors (Lipinski definition) is 3. The molecular formula is C16H18N2O4. The highest BCUT2D eigenvalue weighted by molar-refractivity contribution is 6.06. The maximum absolute atomic E-state index is 12.2. The number of nitrogens with two attached hydrogens (primary N) is 1. The average molecular weight is 302 g/mol. The van der Waals surface area contributed by atoms with Gasteiger partial charge in [0.2, 0.25) is 5.91 Å². The number of nitrogens with zero attached hydrogens (tertiary/aromatic N) is 1. The summed E-state index contributed by atoms with van der Waals surface area (Å²) >= 11 is 0. The zero-order chi connectivity index (χ0) is 16.2. The molecule has 2 aliphatic heterocycles. The van der Waals surface area contributed by atoms with Crippen molar-refractivity contribution in [1.29, 1.82) is 0 Å². The molecule has 0 aromatic heterocycles. The fourth-order valence-corrected chi connectivity index (χ4v) is 3.61. The van der Waals surface area contributed by atoms with Crippen LogP contribution in [-0.4, -0.2) is 39.1 Å². The predicted molar refractivity (Wildman–Crippen MR) is 80.4 cm³/mol. The van der Waals surface area contributed by atoms with Gasteiger partial charge in [-0.2, -0.15) is 0 Å². The van der Waals surface area contributed by atoms with E-state index in [2.05, 4.69) is 0 Å². The van der Waals surface area contributed by atoms with Crippen LogP contribution in [0.4, 0.5) is 5.69 Å². The Balaban J connectivity index is 2.10. The number of hydrogen-bond acceptors (Lipinski definition) is 4. The van der Waals surface area contributed by atoms with E-state index in [1.54, 1.807) is 31.2 Å². The van der Waals surface area contributed by atoms with E-state index in [-0.39, 0.29) is 23.6 Å². The molecule has 2 aliphatic rings. The highest BCUT2D eigenvalue weighted by Crippen LogP contribution is 2.50. The molecule has 0 radical (unpaired) electrons. The number of anilines is 1. The topological polar surface area (TPSA) is 104 Å². The number of β-lactam (4-membered cyclic amide) rings is 1. The molecule has 2 heterocycles. The summed E-state index contributed by atoms with van der Waals surface area (Å²) in [7, 11) is 0. The summed E-state index contributed by atoms with van der Waals surface area (Å²) in [5.41, 5.74) is 7.64. The minimum atomic E-state index is -1.13. The Morgan fingerprint density at radius 3 is 2.41 bits per heavy atom. The quantitative estimate of drug-likeness (QED) is 0.569. The molecule has 1 amide bonds. The molecule has 0 aliphatic carbocycles. The van der Waals surface area contributed by atoms with Crippen LogP contribution < -0.4 is 5.73 Å². The number of fused-ring (bicyclic) bond motifs is 1. The molecule has 1 aromatic rings. The summed E-state index contributed by atoms with van der Waals surface area (Å²) in [6, 6.07) is 6.64. The minimum Gasteiger partial charge on any atom is -0.477 e. The standard InChI is InChI=1S/C16H18N2O4/c1-7-11(9-3-5-10(17)6-4-9)14(16(21)22)18-13(7)12(8(2)19)15(18)20/h3-8,12-13,19H,17H2,1-2H3,(H,21,22)/t7-,8+,12+,13+/m0/s1. The molecule has 1 aromatic carbocycles. The number of carboxylic acid groups (broad SMARTS) is 1. The molecule has 22 heavy (non-hydrogen) atoms. The number of carbonyl (C=O) groups is 2. The first-order valence-electron chi connectivity index (χ1n) is 7.19. The summed E-state index contributed by atoms with van der Waals surface area (Å²) in [5.74, 6) is -2.16. The summed E-state index contributed by atoms with van der Waals surface area (Å²) in [6.07, 6.45) is -0.794. The first kappa shape index (κ1) is 14.6. The highest BCUT2D eigenvalue weighted by Gasteiger charge is 2.59. The largest absolute Gasteiger partial charge is 0.477 e. The molecule has 0 unspecified atom stereocenters. The SMILES string of the molecule is C[C@@H](O)[C@H]1C(=O)N2C(C(=O)O)=C(c3ccc(N)cc3)[C@H](C)[C@H]12. The van der Waals surface area contributed by atoms with Gasteiger partial charge in [0.1, 0.15) is 5.70 Å². The van der Waals surface area contributed by atoms with Crippen molar-refractivity contribution in [3.8, 4) is 0 Å². The first-order chi connectivity index (χ1) is 10.3. The average Bonchev–Trinajstić information content (AvgIpc) is 2.69. The number of nitrogen functional groups attached to an aromatic ring is 1. The van der Waals surface area contributed by atoms with Gasteiger partial charge in [0.15, 0.2) is 0 Å². The van der Waals surface area contributed by atoms with Crippen LogP contribution in [0.15, 0.2) is 30.0 Å². The van der Waals surface area contributed by atoms with E-state index < -0.39 is 18.0 Å². The van der Waals surface area contributed by atoms with E-state index in [9.17, 15) is 19.8 Å². The van der Waals surface area contributed by atoms with Gasteiger partial charge in [-0.25, -0.2) is 4.79 Å². The van der Waals surface area contributed by atoms with Gasteiger partial charge in [0, 0.05) is 11.6 Å². The normalized spacial score (nSPS) is 28.4. The van der Waals surface area contributed by atoms with Crippen molar-refractivity contribution in [1.82, 2.24) is 4.90 Å². The van der Waals surface area contributed by atoms with Gasteiger partial charge >= 0.3 is 5.97 Å². The number of benzene rings is 1. The van der Waals surface area contributed by atoms with Crippen molar-refractivity contribution in [3.05, 3.63) is 35.5 Å². The third-order valence-electron chi connectivity index (χ3n) is 4.60. The monoisotopic (exact) mass is 302 g/mol. The number of aliphatic hydroxyl groups excluding tert-OH is 1. The number of aliphatic carboxylic acids is 1. The highest BCUT2D eigenvalue weighted by atomic mass is 16.4. The van der Waals surface area contributed by atoms with E-state index in [1.165, 1.54) is 4.90 Å². The third-order valence-corrected chi connectivity index (χ3v) is 4.60. The van der Waals surface area contributed by atoms with E-state index in [0.717, 1.165) is 5.56 Å². The molecule has 6 heteroatoms. The van der Waals surface area contributed by atoms with Gasteiger partial charge < -0.3 is 20.8 Å². The van der Waals surface area contributed by atoms with Crippen LogP contribution in [0, 0.1) is 11.8 Å². The molecule has 0 bridgehead atoms. The molecule has 1 fully saturated rings. The Kier molecular flexibility index (Phi) is 3.21. The van der Waals surface area contributed by atoms with E-state index in [4.69, 9.17) is 5.73 Å². The number of amides is 1. The lowest BCUT2D eigenvalue weighted by molar-refractivity contribution is -0.163. The first-order valence-corrected chi connectivity index (χ1v) is 7.19. The molecule has 0 saturated carbocycles. The Bertz CT molecular complexity index is 678. The van der Waals surface area contributed by atoms with Crippen LogP contribution in [0.1, 0.15) is 19.4 Å². The van der Waals surface area contributed by atoms with Crippen LogP contribution in [0.5, 0.6) is 0 Å². The van der Waals surface area contributed by atoms with Crippen LogP contribution in [0.25, 0.3) is 5.57 Å². The van der Waals surface area contributed by atoms with Crippen molar-refractivity contribution >= 4 is 23.1 Å². The Morgan fingerprint density at radius 1 is 1.32 bits per heavy atom. The molecule has 4 N–H and O–H groups in total. The lowest BCUT2D eigenvalue weighted by Crippen LogP contribution is -2.63. The van der Waals surface area contributed by atoms with Crippen molar-refractivity contribution < 1.29 is 19.8 Å². The molecule has 116 valence electrons. The molecule has 3 rings (SSSR count). The number of aliphatic hydroxyl groups is 1. The Hall–Kier alpha value is -2.34. The summed E-state index contributed by atoms with van der Waals surface area (Å²) < 4.78 is 0. The predicted octanol–water partition coefficient (Wildman–Crippen LogP) is 0.922. The number of rotatable bonds is 3. The number of carbonyl (C=O) groups excluding carboxylic acids is 1. The minimum absolute atomic E-state index is 0.0178. The zero-order valence-corrected chi connectivity index (χ0v) is 12.4. The van der Waals surface area contributed by atoms with Gasteiger partial charge in [-0.05, 0) is 30.2 Å². The fraction of sp³-hybridized carbons (Fsp3) is 0.375. The summed E-state index contributed by atoms with van der Waals surface area (Å²) in [5, 5.41) is 19.3. The fourth-order valence-electron chi connectivity index (χ4n) is 3.61. The van der Waals surface area contributed by atoms with E-state index in [0.29, 0.717) is 11.3 Å². The van der Waals surface area contributed by atoms with Crippen molar-refractivity contribution in [2.75, 3.05) is 5.73 Å². The Morgan fingerprint density at radius 2 is 1.91 bits per heavy atom. The maximum Gasteiger partial charge on any atom is 0.352 e. The number of carboxylic acids is 1. The van der Waals surface area contributed by atoms with Gasteiger partial charge in [0.05, 0.1) is 18.1 Å². The molecular weight excluding hydrogens is 284 g/mol. The van der Waals surface area contributed by atoms with Crippen LogP contribution in [0.2, 0.25) is 0 Å². The maximum atomic E-state index is 12.2. The molecule has 6 nitrogen and oxygen atoms in total. The van der Waals surface area contributed by atoms with Crippen LogP contribution in [-0.2, 0) is 9.59 Å². The summed E-state index contributed by atoms with van der Waals surface area (Å²) in [6.45, 7) is 3.45. The summed E-state index contributed by atoms with van der Waals surface area (Å²) in [4.78, 5) is 25.2. The smallest absolute Gasteiger partial charge is 0.352 e. The second-order valence-corrected chi connectivity index (χ2v) is 5.94. The van der Waals surface area contributed by atoms with E-state index >= 15 is 0 Å². The van der Waals surface area contributed by atoms with Crippen molar-refractivity contribution in [2.45, 2.75) is 26.0 Å². The molecule has 1 saturated heterocycles. The van der Waals surface area contributed by atoms with Gasteiger partial charge in [0.25, 0.3) is 0 Å². The molecule has 0 spiro atoms. The zero-order valence-electron chi connectivity index (χ0n) is 12.4. The second kappa shape index (κ2) is 4.84. The van der Waals surface area contributed by atoms with Crippen molar-refractivity contribution in [2.24, 2.45) is 11.8 Å². The van der Waals surface area contributed by atoms with Gasteiger partial charge in [-0.1, -0.05) is 19.1 Å². The van der Waals surface area contributed by atoms with Crippen molar-refractivity contribution in [3.63, 3.8) is 0 Å².